The van der Waals surface area contributed by atoms with Gasteiger partial charge in [0.15, 0.2) is 0 Å². The topological polar surface area (TPSA) is 49.9 Å². The Hall–Kier alpha value is -1.36. The average molecular weight is 292 g/mol. The second-order valence-corrected chi connectivity index (χ2v) is 6.38. The number of methoxy groups -OCH3 is 1. The molecule has 0 aromatic carbocycles. The van der Waals surface area contributed by atoms with Crippen molar-refractivity contribution in [2.75, 3.05) is 39.8 Å². The number of carbonyl (C=O) groups excluding carboxylic acids is 2. The van der Waals surface area contributed by atoms with Gasteiger partial charge in [-0.1, -0.05) is 12.2 Å². The maximum Gasteiger partial charge on any atom is 0.306 e. The summed E-state index contributed by atoms with van der Waals surface area (Å²) in [6.07, 6.45) is 7.17. The number of allylic oxidation sites excluding steroid dienone is 2. The molecule has 3 unspecified atom stereocenters. The normalized spacial score (nSPS) is 31.7. The molecule has 5 heteroatoms. The summed E-state index contributed by atoms with van der Waals surface area (Å²) >= 11 is 0. The van der Waals surface area contributed by atoms with Gasteiger partial charge in [-0.2, -0.15) is 0 Å². The minimum Gasteiger partial charge on any atom is -0.469 e. The smallest absolute Gasteiger partial charge is 0.306 e. The fourth-order valence-electron chi connectivity index (χ4n) is 3.84. The van der Waals surface area contributed by atoms with Crippen LogP contribution in [0.5, 0.6) is 0 Å². The van der Waals surface area contributed by atoms with Gasteiger partial charge in [0.05, 0.1) is 13.5 Å². The van der Waals surface area contributed by atoms with Crippen molar-refractivity contribution in [2.45, 2.75) is 19.3 Å². The van der Waals surface area contributed by atoms with Gasteiger partial charge in [0.2, 0.25) is 5.91 Å². The van der Waals surface area contributed by atoms with Gasteiger partial charge in [0, 0.05) is 38.6 Å². The van der Waals surface area contributed by atoms with Crippen molar-refractivity contribution in [1.29, 1.82) is 0 Å². The summed E-state index contributed by atoms with van der Waals surface area (Å²) in [6, 6.07) is 0. The van der Waals surface area contributed by atoms with Gasteiger partial charge in [0.25, 0.3) is 0 Å². The van der Waals surface area contributed by atoms with Gasteiger partial charge in [-0.05, 0) is 24.7 Å². The minimum absolute atomic E-state index is 0.165. The van der Waals surface area contributed by atoms with Crippen LogP contribution in [0.2, 0.25) is 0 Å². The van der Waals surface area contributed by atoms with Crippen LogP contribution in [0.4, 0.5) is 0 Å². The molecule has 1 amide bonds. The fraction of sp³-hybridized carbons (Fsp3) is 0.750. The zero-order chi connectivity index (χ0) is 14.8. The zero-order valence-electron chi connectivity index (χ0n) is 12.7. The van der Waals surface area contributed by atoms with E-state index < -0.39 is 0 Å². The molecule has 3 atom stereocenters. The maximum absolute atomic E-state index is 12.6. The molecule has 0 aromatic heterocycles. The van der Waals surface area contributed by atoms with Crippen LogP contribution in [0.1, 0.15) is 19.3 Å². The SMILES string of the molecule is COC(=O)CCN1CCN(C(=O)C2CC3C=CC2C3)CC1. The highest BCUT2D eigenvalue weighted by molar-refractivity contribution is 5.80. The van der Waals surface area contributed by atoms with Crippen molar-refractivity contribution in [2.24, 2.45) is 17.8 Å². The summed E-state index contributed by atoms with van der Waals surface area (Å²) in [5, 5.41) is 0. The van der Waals surface area contributed by atoms with E-state index in [9.17, 15) is 9.59 Å². The van der Waals surface area contributed by atoms with E-state index in [0.717, 1.165) is 39.1 Å². The van der Waals surface area contributed by atoms with Gasteiger partial charge in [-0.25, -0.2) is 0 Å². The van der Waals surface area contributed by atoms with Gasteiger partial charge in [-0.3, -0.25) is 14.5 Å². The average Bonchev–Trinajstić information content (AvgIpc) is 3.15. The Morgan fingerprint density at radius 3 is 2.48 bits per heavy atom. The molecule has 3 aliphatic rings. The van der Waals surface area contributed by atoms with Crippen molar-refractivity contribution in [3.05, 3.63) is 12.2 Å². The van der Waals surface area contributed by atoms with Gasteiger partial charge in [-0.15, -0.1) is 0 Å². The number of esters is 1. The van der Waals surface area contributed by atoms with E-state index in [2.05, 4.69) is 21.8 Å². The molecule has 1 saturated carbocycles. The van der Waals surface area contributed by atoms with Crippen LogP contribution in [-0.4, -0.2) is 61.5 Å². The van der Waals surface area contributed by atoms with Crippen LogP contribution in [0.25, 0.3) is 0 Å². The second-order valence-electron chi connectivity index (χ2n) is 6.38. The summed E-state index contributed by atoms with van der Waals surface area (Å²) in [5.74, 6) is 1.54. The van der Waals surface area contributed by atoms with Crippen LogP contribution >= 0.6 is 0 Å². The Morgan fingerprint density at radius 2 is 1.90 bits per heavy atom. The third kappa shape index (κ3) is 3.12. The number of carbonyl (C=O) groups is 2. The number of hydrogen-bond donors (Lipinski definition) is 0. The Kier molecular flexibility index (Phi) is 4.29. The quantitative estimate of drug-likeness (QED) is 0.571. The highest BCUT2D eigenvalue weighted by Gasteiger charge is 2.41. The van der Waals surface area contributed by atoms with Crippen LogP contribution in [0.15, 0.2) is 12.2 Å². The van der Waals surface area contributed by atoms with E-state index in [1.54, 1.807) is 0 Å². The largest absolute Gasteiger partial charge is 0.469 e. The third-order valence-corrected chi connectivity index (χ3v) is 5.14. The summed E-state index contributed by atoms with van der Waals surface area (Å²) in [6.45, 7) is 4.03. The monoisotopic (exact) mass is 292 g/mol. The molecule has 0 radical (unpaired) electrons. The summed E-state index contributed by atoms with van der Waals surface area (Å²) < 4.78 is 4.66. The Bertz CT molecular complexity index is 441. The number of ether oxygens (including phenoxy) is 1. The Labute approximate surface area is 125 Å². The first kappa shape index (κ1) is 14.6. The van der Waals surface area contributed by atoms with Crippen molar-refractivity contribution >= 4 is 11.9 Å². The van der Waals surface area contributed by atoms with E-state index in [-0.39, 0.29) is 11.9 Å². The molecule has 2 aliphatic carbocycles. The first-order chi connectivity index (χ1) is 10.2. The Morgan fingerprint density at radius 1 is 1.14 bits per heavy atom. The highest BCUT2D eigenvalue weighted by atomic mass is 16.5. The van der Waals surface area contributed by atoms with Gasteiger partial charge >= 0.3 is 5.97 Å². The minimum atomic E-state index is -0.165. The first-order valence-corrected chi connectivity index (χ1v) is 7.93. The summed E-state index contributed by atoms with van der Waals surface area (Å²) in [4.78, 5) is 28.0. The molecule has 1 aliphatic heterocycles. The molecule has 1 heterocycles. The summed E-state index contributed by atoms with van der Waals surface area (Å²) in [5.41, 5.74) is 0. The molecule has 0 aromatic rings. The first-order valence-electron chi connectivity index (χ1n) is 7.93. The van der Waals surface area contributed by atoms with E-state index in [1.165, 1.54) is 13.5 Å². The van der Waals surface area contributed by atoms with E-state index in [4.69, 9.17) is 0 Å². The summed E-state index contributed by atoms with van der Waals surface area (Å²) in [7, 11) is 1.42. The lowest BCUT2D eigenvalue weighted by Crippen LogP contribution is -2.51. The molecule has 1 saturated heterocycles. The molecule has 21 heavy (non-hydrogen) atoms. The molecule has 116 valence electrons. The number of hydrogen-bond acceptors (Lipinski definition) is 4. The molecule has 5 nitrogen and oxygen atoms in total. The van der Waals surface area contributed by atoms with Crippen molar-refractivity contribution < 1.29 is 14.3 Å². The number of nitrogens with zero attached hydrogens (tertiary/aromatic N) is 2. The predicted molar refractivity (Wildman–Crippen MR) is 78.5 cm³/mol. The maximum atomic E-state index is 12.6. The molecule has 2 bridgehead atoms. The second kappa shape index (κ2) is 6.18. The lowest BCUT2D eigenvalue weighted by Gasteiger charge is -2.36. The highest BCUT2D eigenvalue weighted by Crippen LogP contribution is 2.44. The van der Waals surface area contributed by atoms with E-state index >= 15 is 0 Å². The molecular formula is C16H24N2O3. The standard InChI is InChI=1S/C16H24N2O3/c1-21-15(19)4-5-17-6-8-18(9-7-17)16(20)14-11-12-2-3-13(14)10-12/h2-3,12-14H,4-11H2,1H3. The molecule has 0 spiro atoms. The lowest BCUT2D eigenvalue weighted by molar-refractivity contribution is -0.142. The van der Waals surface area contributed by atoms with Crippen LogP contribution in [0.3, 0.4) is 0 Å². The molecule has 3 rings (SSSR count). The van der Waals surface area contributed by atoms with E-state index in [0.29, 0.717) is 24.2 Å². The zero-order valence-corrected chi connectivity index (χ0v) is 12.7. The third-order valence-electron chi connectivity index (χ3n) is 5.14. The van der Waals surface area contributed by atoms with Gasteiger partial charge < -0.3 is 9.64 Å². The Balaban J connectivity index is 1.44. The molecule has 0 N–H and O–H groups in total. The number of amides is 1. The molecular weight excluding hydrogens is 268 g/mol. The predicted octanol–water partition coefficient (Wildman–Crippen LogP) is 0.906. The van der Waals surface area contributed by atoms with Crippen LogP contribution in [-0.2, 0) is 14.3 Å². The lowest BCUT2D eigenvalue weighted by atomic mass is 9.92. The number of rotatable bonds is 4. The van der Waals surface area contributed by atoms with Crippen LogP contribution < -0.4 is 0 Å². The van der Waals surface area contributed by atoms with Crippen molar-refractivity contribution in [1.82, 2.24) is 9.80 Å². The van der Waals surface area contributed by atoms with Crippen LogP contribution in [0, 0.1) is 17.8 Å². The van der Waals surface area contributed by atoms with Gasteiger partial charge in [0.1, 0.15) is 0 Å². The number of fused-ring (bicyclic) bond motifs is 2. The van der Waals surface area contributed by atoms with Crippen molar-refractivity contribution in [3.8, 4) is 0 Å². The fourth-order valence-corrected chi connectivity index (χ4v) is 3.84. The van der Waals surface area contributed by atoms with E-state index in [1.807, 2.05) is 4.90 Å². The molecule has 2 fully saturated rings. The van der Waals surface area contributed by atoms with Crippen molar-refractivity contribution in [3.63, 3.8) is 0 Å². The number of piperazine rings is 1.